The van der Waals surface area contributed by atoms with Gasteiger partial charge in [-0.3, -0.25) is 0 Å². The molecule has 3 heteroatoms. The van der Waals surface area contributed by atoms with Gasteiger partial charge in [-0.2, -0.15) is 0 Å². The summed E-state index contributed by atoms with van der Waals surface area (Å²) in [5, 5.41) is 4.37. The minimum absolute atomic E-state index is 0.161. The van der Waals surface area contributed by atoms with Crippen LogP contribution in [0.3, 0.4) is 0 Å². The Morgan fingerprint density at radius 1 is 1.21 bits per heavy atom. The average molecular weight is 283 g/mol. The van der Waals surface area contributed by atoms with Crippen LogP contribution in [0, 0.1) is 0 Å². The Hall–Kier alpha value is -0.570. The van der Waals surface area contributed by atoms with E-state index in [1.165, 1.54) is 5.56 Å². The van der Waals surface area contributed by atoms with Crippen LogP contribution in [0.5, 0.6) is 0 Å². The second-order valence-electron chi connectivity index (χ2n) is 5.34. The predicted molar refractivity (Wildman–Crippen MR) is 85.0 cm³/mol. The fourth-order valence-electron chi connectivity index (χ4n) is 3.13. The molecule has 0 aromatic heterocycles. The van der Waals surface area contributed by atoms with Crippen molar-refractivity contribution in [3.8, 4) is 0 Å². The van der Waals surface area contributed by atoms with E-state index < -0.39 is 0 Å². The molecule has 1 atom stereocenters. The van der Waals surface area contributed by atoms with Crippen LogP contribution in [0.15, 0.2) is 24.3 Å². The number of halogens is 1. The molecule has 0 saturated heterocycles. The lowest BCUT2D eigenvalue weighted by Crippen LogP contribution is -2.58. The number of rotatable bonds is 7. The Morgan fingerprint density at radius 3 is 2.21 bits per heavy atom. The van der Waals surface area contributed by atoms with Gasteiger partial charge in [-0.25, -0.2) is 0 Å². The molecule has 108 valence electrons. The summed E-state index contributed by atoms with van der Waals surface area (Å²) >= 11 is 6.30. The number of benzene rings is 1. The van der Waals surface area contributed by atoms with Gasteiger partial charge in [0.15, 0.2) is 0 Å². The van der Waals surface area contributed by atoms with Crippen molar-refractivity contribution in [2.75, 3.05) is 21.1 Å². The highest BCUT2D eigenvalue weighted by molar-refractivity contribution is 6.31. The standard InChI is InChI=1S/C16H27ClN2/c1-6-16(7-2,19(4)5)15(18-3)12-13-10-8-9-11-14(13)17/h8-11,15,18H,6-7,12H2,1-5H3. The Labute approximate surface area is 123 Å². The zero-order chi connectivity index (χ0) is 14.5. The summed E-state index contributed by atoms with van der Waals surface area (Å²) in [5.41, 5.74) is 1.38. The fourth-order valence-corrected chi connectivity index (χ4v) is 3.34. The van der Waals surface area contributed by atoms with Gasteiger partial charge in [0.25, 0.3) is 0 Å². The van der Waals surface area contributed by atoms with E-state index in [1.54, 1.807) is 0 Å². The van der Waals surface area contributed by atoms with Crippen LogP contribution < -0.4 is 5.32 Å². The van der Waals surface area contributed by atoms with E-state index in [0.717, 1.165) is 24.3 Å². The van der Waals surface area contributed by atoms with Crippen molar-refractivity contribution in [2.45, 2.75) is 44.7 Å². The monoisotopic (exact) mass is 282 g/mol. The van der Waals surface area contributed by atoms with E-state index in [4.69, 9.17) is 11.6 Å². The van der Waals surface area contributed by atoms with Crippen molar-refractivity contribution in [1.29, 1.82) is 0 Å². The molecule has 1 aromatic rings. The first-order valence-electron chi connectivity index (χ1n) is 7.09. The Balaban J connectivity index is 3.02. The van der Waals surface area contributed by atoms with E-state index in [2.05, 4.69) is 50.3 Å². The summed E-state index contributed by atoms with van der Waals surface area (Å²) in [4.78, 5) is 2.35. The molecule has 1 rings (SSSR count). The largest absolute Gasteiger partial charge is 0.315 e. The molecule has 1 aromatic carbocycles. The quantitative estimate of drug-likeness (QED) is 0.822. The van der Waals surface area contributed by atoms with Crippen molar-refractivity contribution >= 4 is 11.6 Å². The van der Waals surface area contributed by atoms with Crippen molar-refractivity contribution in [2.24, 2.45) is 0 Å². The van der Waals surface area contributed by atoms with Crippen LogP contribution in [0.4, 0.5) is 0 Å². The Kier molecular flexibility index (Phi) is 6.31. The maximum Gasteiger partial charge on any atom is 0.0438 e. The molecular formula is C16H27ClN2. The van der Waals surface area contributed by atoms with Gasteiger partial charge in [-0.15, -0.1) is 0 Å². The van der Waals surface area contributed by atoms with E-state index in [1.807, 2.05) is 19.2 Å². The van der Waals surface area contributed by atoms with Gasteiger partial charge in [-0.1, -0.05) is 43.6 Å². The van der Waals surface area contributed by atoms with Crippen molar-refractivity contribution in [3.05, 3.63) is 34.9 Å². The van der Waals surface area contributed by atoms with Gasteiger partial charge in [0.1, 0.15) is 0 Å². The number of nitrogens with one attached hydrogen (secondary N) is 1. The summed E-state index contributed by atoms with van der Waals surface area (Å²) in [5.74, 6) is 0. The van der Waals surface area contributed by atoms with E-state index in [9.17, 15) is 0 Å². The molecule has 0 spiro atoms. The van der Waals surface area contributed by atoms with Gasteiger partial charge in [0, 0.05) is 16.6 Å². The molecule has 0 radical (unpaired) electrons. The van der Waals surface area contributed by atoms with E-state index in [0.29, 0.717) is 6.04 Å². The minimum Gasteiger partial charge on any atom is -0.315 e. The highest BCUT2D eigenvalue weighted by Crippen LogP contribution is 2.29. The third-order valence-corrected chi connectivity index (χ3v) is 4.86. The Morgan fingerprint density at radius 2 is 1.79 bits per heavy atom. The molecule has 0 saturated carbocycles. The van der Waals surface area contributed by atoms with Gasteiger partial charge in [-0.05, 0) is 52.0 Å². The molecule has 0 bridgehead atoms. The molecule has 0 aliphatic heterocycles. The third-order valence-electron chi connectivity index (χ3n) is 4.49. The summed E-state index contributed by atoms with van der Waals surface area (Å²) in [6.07, 6.45) is 3.19. The third kappa shape index (κ3) is 3.50. The number of nitrogens with zero attached hydrogens (tertiary/aromatic N) is 1. The molecule has 0 heterocycles. The van der Waals surface area contributed by atoms with Crippen LogP contribution in [-0.2, 0) is 6.42 Å². The normalized spacial score (nSPS) is 13.8. The molecule has 2 nitrogen and oxygen atoms in total. The van der Waals surface area contributed by atoms with E-state index in [-0.39, 0.29) is 5.54 Å². The lowest BCUT2D eigenvalue weighted by atomic mass is 9.80. The molecule has 1 N–H and O–H groups in total. The van der Waals surface area contributed by atoms with Gasteiger partial charge in [0.2, 0.25) is 0 Å². The first-order valence-corrected chi connectivity index (χ1v) is 7.47. The lowest BCUT2D eigenvalue weighted by Gasteiger charge is -2.45. The van der Waals surface area contributed by atoms with Crippen LogP contribution >= 0.6 is 11.6 Å². The number of likely N-dealkylation sites (N-methyl/N-ethyl adjacent to an activating group) is 2. The molecule has 1 unspecified atom stereocenters. The SMILES string of the molecule is CCC(CC)(C(Cc1ccccc1Cl)NC)N(C)C. The van der Waals surface area contributed by atoms with Crippen molar-refractivity contribution < 1.29 is 0 Å². The zero-order valence-corrected chi connectivity index (χ0v) is 13.6. The van der Waals surface area contributed by atoms with Crippen molar-refractivity contribution in [1.82, 2.24) is 10.2 Å². The van der Waals surface area contributed by atoms with Crippen LogP contribution in [0.2, 0.25) is 5.02 Å². The maximum atomic E-state index is 6.30. The fraction of sp³-hybridized carbons (Fsp3) is 0.625. The highest BCUT2D eigenvalue weighted by Gasteiger charge is 2.37. The van der Waals surface area contributed by atoms with Crippen LogP contribution in [-0.4, -0.2) is 37.6 Å². The number of hydrogen-bond donors (Lipinski definition) is 1. The molecule has 19 heavy (non-hydrogen) atoms. The predicted octanol–water partition coefficient (Wildman–Crippen LogP) is 3.59. The zero-order valence-electron chi connectivity index (χ0n) is 12.8. The van der Waals surface area contributed by atoms with Crippen molar-refractivity contribution in [3.63, 3.8) is 0 Å². The first kappa shape index (κ1) is 16.5. The molecule has 0 fully saturated rings. The average Bonchev–Trinajstić information content (AvgIpc) is 2.41. The maximum absolute atomic E-state index is 6.30. The second kappa shape index (κ2) is 7.28. The second-order valence-corrected chi connectivity index (χ2v) is 5.75. The van der Waals surface area contributed by atoms with Gasteiger partial charge < -0.3 is 10.2 Å². The Bertz CT molecular complexity index is 386. The van der Waals surface area contributed by atoms with Gasteiger partial charge >= 0.3 is 0 Å². The summed E-state index contributed by atoms with van der Waals surface area (Å²) < 4.78 is 0. The minimum atomic E-state index is 0.161. The van der Waals surface area contributed by atoms with Crippen LogP contribution in [0.25, 0.3) is 0 Å². The van der Waals surface area contributed by atoms with Gasteiger partial charge in [0.05, 0.1) is 0 Å². The first-order chi connectivity index (χ1) is 9.01. The van der Waals surface area contributed by atoms with E-state index >= 15 is 0 Å². The van der Waals surface area contributed by atoms with Crippen LogP contribution in [0.1, 0.15) is 32.3 Å². The summed E-state index contributed by atoms with van der Waals surface area (Å²) in [6, 6.07) is 8.52. The topological polar surface area (TPSA) is 15.3 Å². The molecule has 0 aliphatic rings. The summed E-state index contributed by atoms with van der Waals surface area (Å²) in [6.45, 7) is 4.53. The number of hydrogen-bond acceptors (Lipinski definition) is 2. The summed E-state index contributed by atoms with van der Waals surface area (Å²) in [7, 11) is 6.39. The molecular weight excluding hydrogens is 256 g/mol. The smallest absolute Gasteiger partial charge is 0.0438 e. The molecule has 0 aliphatic carbocycles. The molecule has 0 amide bonds. The highest BCUT2D eigenvalue weighted by atomic mass is 35.5. The lowest BCUT2D eigenvalue weighted by molar-refractivity contribution is 0.0918.